The van der Waals surface area contributed by atoms with Gasteiger partial charge in [-0.1, -0.05) is 84.0 Å². The molecule has 6 N–H and O–H groups in total. The maximum Gasteiger partial charge on any atom is 0.326 e. The molecule has 0 heterocycles. The van der Waals surface area contributed by atoms with Crippen molar-refractivity contribution in [3.63, 3.8) is 0 Å². The van der Waals surface area contributed by atoms with Gasteiger partial charge in [-0.15, -0.1) is 0 Å². The van der Waals surface area contributed by atoms with E-state index in [1.54, 1.807) is 6.92 Å². The van der Waals surface area contributed by atoms with Crippen LogP contribution in [0.25, 0.3) is 0 Å². The smallest absolute Gasteiger partial charge is 0.326 e. The Bertz CT molecular complexity index is 935. The standard InChI is InChI=1S/C36H66N4O10/c1-2-30(41)29-50-28-27-49-26-25-39-36(48)38-24-18-17-23-37-32(42)22-21-31(35(46)47)40-33(43)19-15-13-11-9-7-5-3-4-6-8-10-12-14-16-20-34(44)45/h31H,2-29H2,1H3,(H,37,42)(H,40,43)(H,44,45)(H,46,47)(H2,38,39,48)/t31-/m0/s1. The van der Waals surface area contributed by atoms with E-state index < -0.39 is 18.0 Å². The highest BCUT2D eigenvalue weighted by Crippen LogP contribution is 2.14. The summed E-state index contributed by atoms with van der Waals surface area (Å²) in [4.78, 5) is 69.5. The molecule has 0 saturated heterocycles. The summed E-state index contributed by atoms with van der Waals surface area (Å²) in [6.07, 6.45) is 17.5. The monoisotopic (exact) mass is 714 g/mol. The molecule has 290 valence electrons. The van der Waals surface area contributed by atoms with Crippen molar-refractivity contribution in [1.29, 1.82) is 0 Å². The number of amides is 4. The normalized spacial score (nSPS) is 11.5. The van der Waals surface area contributed by atoms with Gasteiger partial charge in [0.25, 0.3) is 0 Å². The molecule has 14 nitrogen and oxygen atoms in total. The second kappa shape index (κ2) is 34.2. The van der Waals surface area contributed by atoms with Crippen LogP contribution in [0.2, 0.25) is 0 Å². The molecule has 0 saturated carbocycles. The summed E-state index contributed by atoms with van der Waals surface area (Å²) in [5.74, 6) is -2.43. The van der Waals surface area contributed by atoms with E-state index >= 15 is 0 Å². The van der Waals surface area contributed by atoms with Crippen LogP contribution >= 0.6 is 0 Å². The maximum atomic E-state index is 12.3. The zero-order valence-electron chi connectivity index (χ0n) is 30.5. The first-order valence-electron chi connectivity index (χ1n) is 18.8. The van der Waals surface area contributed by atoms with Gasteiger partial charge < -0.3 is 41.0 Å². The van der Waals surface area contributed by atoms with Gasteiger partial charge in [-0.05, 0) is 32.1 Å². The van der Waals surface area contributed by atoms with Crippen LogP contribution in [-0.4, -0.2) is 97.9 Å². The SMILES string of the molecule is CCC(=O)COCCOCCNC(=O)NCCCCNC(=O)CC[C@H](NC(=O)CCCCCCCCCCCCCCCCC(=O)O)C(=O)O. The van der Waals surface area contributed by atoms with Crippen LogP contribution in [0.4, 0.5) is 4.79 Å². The van der Waals surface area contributed by atoms with E-state index in [-0.39, 0.29) is 55.9 Å². The zero-order valence-corrected chi connectivity index (χ0v) is 30.5. The summed E-state index contributed by atoms with van der Waals surface area (Å²) in [7, 11) is 0. The minimum atomic E-state index is -1.16. The van der Waals surface area contributed by atoms with E-state index in [9.17, 15) is 33.9 Å². The average Bonchev–Trinajstić information content (AvgIpc) is 3.08. The number of carbonyl (C=O) groups excluding carboxylic acids is 4. The number of hydrogen-bond acceptors (Lipinski definition) is 8. The number of Topliss-reactive ketones (excluding diaryl/α,β-unsaturated/α-hetero) is 1. The summed E-state index contributed by atoms with van der Waals surface area (Å²) >= 11 is 0. The Morgan fingerprint density at radius 3 is 1.58 bits per heavy atom. The molecule has 0 fully saturated rings. The van der Waals surface area contributed by atoms with Crippen LogP contribution in [0, 0.1) is 0 Å². The van der Waals surface area contributed by atoms with Crippen molar-refractivity contribution in [2.75, 3.05) is 46.1 Å². The highest BCUT2D eigenvalue weighted by molar-refractivity contribution is 5.84. The third-order valence-electron chi connectivity index (χ3n) is 8.11. The van der Waals surface area contributed by atoms with Gasteiger partial charge in [0.05, 0.1) is 19.8 Å². The summed E-state index contributed by atoms with van der Waals surface area (Å²) in [6, 6.07) is -1.43. The van der Waals surface area contributed by atoms with Crippen molar-refractivity contribution in [3.8, 4) is 0 Å². The molecule has 0 aliphatic rings. The molecule has 0 aromatic rings. The van der Waals surface area contributed by atoms with Gasteiger partial charge >= 0.3 is 18.0 Å². The molecule has 0 aromatic heterocycles. The van der Waals surface area contributed by atoms with E-state index in [1.807, 2.05) is 0 Å². The topological polar surface area (TPSA) is 209 Å². The van der Waals surface area contributed by atoms with Gasteiger partial charge in [-0.2, -0.15) is 0 Å². The summed E-state index contributed by atoms with van der Waals surface area (Å²) in [5.41, 5.74) is 0. The van der Waals surface area contributed by atoms with Gasteiger partial charge in [0.1, 0.15) is 12.6 Å². The van der Waals surface area contributed by atoms with E-state index in [1.165, 1.54) is 44.9 Å². The zero-order chi connectivity index (χ0) is 37.1. The van der Waals surface area contributed by atoms with Crippen LogP contribution in [-0.2, 0) is 33.4 Å². The van der Waals surface area contributed by atoms with Gasteiger partial charge in [0, 0.05) is 45.3 Å². The molecule has 0 unspecified atom stereocenters. The van der Waals surface area contributed by atoms with Crippen molar-refractivity contribution in [3.05, 3.63) is 0 Å². The van der Waals surface area contributed by atoms with Gasteiger partial charge in [0.2, 0.25) is 11.8 Å². The number of unbranched alkanes of at least 4 members (excludes halogenated alkanes) is 14. The van der Waals surface area contributed by atoms with Gasteiger partial charge in [0.15, 0.2) is 5.78 Å². The fourth-order valence-electron chi connectivity index (χ4n) is 5.06. The van der Waals surface area contributed by atoms with E-state index in [0.717, 1.165) is 38.5 Å². The highest BCUT2D eigenvalue weighted by atomic mass is 16.5. The van der Waals surface area contributed by atoms with E-state index in [2.05, 4.69) is 21.3 Å². The predicted molar refractivity (Wildman–Crippen MR) is 191 cm³/mol. The second-order valence-corrected chi connectivity index (χ2v) is 12.6. The lowest BCUT2D eigenvalue weighted by Gasteiger charge is -2.14. The molecule has 0 aliphatic carbocycles. The van der Waals surface area contributed by atoms with Gasteiger partial charge in [-0.3, -0.25) is 19.2 Å². The average molecular weight is 715 g/mol. The molecule has 0 spiro atoms. The Balaban J connectivity index is 3.69. The number of ether oxygens (including phenoxy) is 2. The molecule has 0 bridgehead atoms. The third-order valence-corrected chi connectivity index (χ3v) is 8.11. The fourth-order valence-corrected chi connectivity index (χ4v) is 5.06. The van der Waals surface area contributed by atoms with Crippen molar-refractivity contribution >= 4 is 35.6 Å². The Hall–Kier alpha value is -3.26. The number of hydrogen-bond donors (Lipinski definition) is 6. The molecule has 1 atom stereocenters. The fraction of sp³-hybridized carbons (Fsp3) is 0.833. The lowest BCUT2D eigenvalue weighted by atomic mass is 10.0. The van der Waals surface area contributed by atoms with Crippen LogP contribution in [0.5, 0.6) is 0 Å². The highest BCUT2D eigenvalue weighted by Gasteiger charge is 2.20. The number of urea groups is 1. The number of ketones is 1. The Kier molecular flexibility index (Phi) is 32.0. The maximum absolute atomic E-state index is 12.3. The number of rotatable bonds is 36. The van der Waals surface area contributed by atoms with Crippen LogP contribution in [0.3, 0.4) is 0 Å². The predicted octanol–water partition coefficient (Wildman–Crippen LogP) is 4.87. The first kappa shape index (κ1) is 46.7. The number of carboxylic acid groups (broad SMARTS) is 2. The molecule has 0 aromatic carbocycles. The van der Waals surface area contributed by atoms with Crippen molar-refractivity contribution in [2.24, 2.45) is 0 Å². The number of nitrogens with one attached hydrogen (secondary N) is 4. The molecule has 4 amide bonds. The third kappa shape index (κ3) is 33.2. The minimum Gasteiger partial charge on any atom is -0.481 e. The van der Waals surface area contributed by atoms with Gasteiger partial charge in [-0.25, -0.2) is 9.59 Å². The van der Waals surface area contributed by atoms with Crippen LogP contribution in [0.15, 0.2) is 0 Å². The molecular weight excluding hydrogens is 648 g/mol. The lowest BCUT2D eigenvalue weighted by Crippen LogP contribution is -2.41. The minimum absolute atomic E-state index is 0.0106. The van der Waals surface area contributed by atoms with Crippen molar-refractivity contribution in [2.45, 2.75) is 148 Å². The summed E-state index contributed by atoms with van der Waals surface area (Å²) in [6.45, 7) is 3.99. The first-order valence-corrected chi connectivity index (χ1v) is 18.8. The van der Waals surface area contributed by atoms with E-state index in [0.29, 0.717) is 65.1 Å². The Morgan fingerprint density at radius 1 is 0.540 bits per heavy atom. The Morgan fingerprint density at radius 2 is 1.04 bits per heavy atom. The first-order chi connectivity index (χ1) is 24.1. The molecule has 50 heavy (non-hydrogen) atoms. The van der Waals surface area contributed by atoms with E-state index in [4.69, 9.17) is 14.6 Å². The summed E-state index contributed by atoms with van der Waals surface area (Å²) in [5, 5.41) is 28.8. The van der Waals surface area contributed by atoms with Crippen LogP contribution in [0.1, 0.15) is 142 Å². The molecule has 0 aliphatic heterocycles. The number of carbonyl (C=O) groups is 6. The van der Waals surface area contributed by atoms with Crippen molar-refractivity contribution in [1.82, 2.24) is 21.3 Å². The molecular formula is C36H66N4O10. The molecule has 14 heteroatoms. The Labute approximate surface area is 298 Å². The molecule has 0 rings (SSSR count). The number of aliphatic carboxylic acids is 2. The van der Waals surface area contributed by atoms with Crippen LogP contribution < -0.4 is 21.3 Å². The number of carboxylic acids is 2. The molecule has 0 radical (unpaired) electrons. The largest absolute Gasteiger partial charge is 0.481 e. The van der Waals surface area contributed by atoms with Crippen molar-refractivity contribution < 1.29 is 48.5 Å². The lowest BCUT2D eigenvalue weighted by molar-refractivity contribution is -0.142. The second-order valence-electron chi connectivity index (χ2n) is 12.6. The summed E-state index contributed by atoms with van der Waals surface area (Å²) < 4.78 is 10.5. The quantitative estimate of drug-likeness (QED) is 0.0485.